The van der Waals surface area contributed by atoms with Gasteiger partial charge in [-0.05, 0) is 37.1 Å². The van der Waals surface area contributed by atoms with E-state index in [1.54, 1.807) is 4.68 Å². The monoisotopic (exact) mass is 439 g/mol. The minimum absolute atomic E-state index is 0.0843. The number of nitro benzene ring substituents is 1. The summed E-state index contributed by atoms with van der Waals surface area (Å²) in [6.07, 6.45) is 1.83. The van der Waals surface area contributed by atoms with E-state index in [1.165, 1.54) is 12.1 Å². The summed E-state index contributed by atoms with van der Waals surface area (Å²) in [4.78, 5) is 15.0. The van der Waals surface area contributed by atoms with Crippen LogP contribution in [0.3, 0.4) is 0 Å². The number of anilines is 1. The molecule has 0 unspecified atom stereocenters. The number of unbranched alkanes of at least 4 members (excludes halogenated alkanes) is 1. The second kappa shape index (κ2) is 7.95. The normalized spacial score (nSPS) is 11.8. The highest BCUT2D eigenvalue weighted by atomic mass is 32.2. The summed E-state index contributed by atoms with van der Waals surface area (Å²) in [7, 11) is -3.99. The fourth-order valence-electron chi connectivity index (χ4n) is 3.40. The van der Waals surface area contributed by atoms with E-state index in [1.807, 2.05) is 31.2 Å². The van der Waals surface area contributed by atoms with Crippen LogP contribution in [0, 0.1) is 17.0 Å². The lowest BCUT2D eigenvalue weighted by atomic mass is 10.1. The minimum Gasteiger partial charge on any atom is -0.261 e. The van der Waals surface area contributed by atoms with Crippen molar-refractivity contribution in [1.82, 2.24) is 14.8 Å². The van der Waals surface area contributed by atoms with Crippen molar-refractivity contribution in [2.75, 3.05) is 4.72 Å². The van der Waals surface area contributed by atoms with Crippen molar-refractivity contribution in [1.29, 1.82) is 0 Å². The van der Waals surface area contributed by atoms with Gasteiger partial charge in [-0.15, -0.1) is 0 Å². The van der Waals surface area contributed by atoms with Crippen molar-refractivity contribution in [3.8, 4) is 0 Å². The Hall–Kier alpha value is -3.53. The lowest BCUT2D eigenvalue weighted by Crippen LogP contribution is -2.14. The molecule has 0 aliphatic heterocycles. The molecule has 0 aliphatic carbocycles. The summed E-state index contributed by atoms with van der Waals surface area (Å²) in [5, 5.41) is 16.8. The molecular formula is C21H21N5O4S. The smallest absolute Gasteiger partial charge is 0.261 e. The molecule has 31 heavy (non-hydrogen) atoms. The van der Waals surface area contributed by atoms with Crippen molar-refractivity contribution in [2.24, 2.45) is 0 Å². The predicted octanol–water partition coefficient (Wildman–Crippen LogP) is 4.40. The van der Waals surface area contributed by atoms with Gasteiger partial charge in [-0.3, -0.25) is 14.8 Å². The summed E-state index contributed by atoms with van der Waals surface area (Å²) in [5.41, 5.74) is 2.30. The fraction of sp³-hybridized carbons (Fsp3) is 0.238. The standard InChI is InChI=1S/C21H21N5O4S/c1-3-4-12-25-21-18(13-15-7-5-6-14(2)19(15)22-21)20(23-25)24-31(29,30)17-10-8-16(9-11-17)26(27)28/h5-11,13H,3-4,12H2,1-2H3,(H,23,24). The average Bonchev–Trinajstić information content (AvgIpc) is 3.07. The number of benzene rings is 2. The third kappa shape index (κ3) is 3.93. The predicted molar refractivity (Wildman–Crippen MR) is 119 cm³/mol. The van der Waals surface area contributed by atoms with Crippen molar-refractivity contribution >= 4 is 43.5 Å². The van der Waals surface area contributed by atoms with Gasteiger partial charge in [0.15, 0.2) is 11.5 Å². The Morgan fingerprint density at radius 2 is 1.90 bits per heavy atom. The topological polar surface area (TPSA) is 120 Å². The third-order valence-electron chi connectivity index (χ3n) is 5.06. The zero-order valence-corrected chi connectivity index (χ0v) is 17.9. The van der Waals surface area contributed by atoms with Gasteiger partial charge in [0.2, 0.25) is 0 Å². The number of nitrogens with one attached hydrogen (secondary N) is 1. The highest BCUT2D eigenvalue weighted by molar-refractivity contribution is 7.92. The zero-order chi connectivity index (χ0) is 22.2. The molecule has 0 atom stereocenters. The van der Waals surface area contributed by atoms with Crippen LogP contribution in [0.1, 0.15) is 25.3 Å². The number of rotatable bonds is 7. The van der Waals surface area contributed by atoms with Gasteiger partial charge in [0.05, 0.1) is 20.7 Å². The number of fused-ring (bicyclic) bond motifs is 2. The van der Waals surface area contributed by atoms with E-state index in [-0.39, 0.29) is 16.4 Å². The molecule has 0 aliphatic rings. The van der Waals surface area contributed by atoms with Crippen LogP contribution in [-0.4, -0.2) is 28.1 Å². The van der Waals surface area contributed by atoms with Gasteiger partial charge in [0.25, 0.3) is 15.7 Å². The van der Waals surface area contributed by atoms with E-state index in [2.05, 4.69) is 16.7 Å². The molecule has 0 saturated heterocycles. The van der Waals surface area contributed by atoms with Crippen LogP contribution < -0.4 is 4.72 Å². The van der Waals surface area contributed by atoms with E-state index in [0.29, 0.717) is 17.6 Å². The Morgan fingerprint density at radius 3 is 2.58 bits per heavy atom. The van der Waals surface area contributed by atoms with Gasteiger partial charge in [0, 0.05) is 24.1 Å². The number of aryl methyl sites for hydroxylation is 2. The number of nitro groups is 1. The van der Waals surface area contributed by atoms with Gasteiger partial charge in [-0.2, -0.15) is 5.10 Å². The van der Waals surface area contributed by atoms with Gasteiger partial charge in [-0.25, -0.2) is 18.1 Å². The lowest BCUT2D eigenvalue weighted by Gasteiger charge is -2.06. The molecule has 2 heterocycles. The first-order chi connectivity index (χ1) is 14.8. The largest absolute Gasteiger partial charge is 0.269 e. The minimum atomic E-state index is -3.99. The molecule has 0 amide bonds. The lowest BCUT2D eigenvalue weighted by molar-refractivity contribution is -0.384. The molecule has 4 rings (SSSR count). The van der Waals surface area contributed by atoms with Crippen LogP contribution in [0.5, 0.6) is 0 Å². The highest BCUT2D eigenvalue weighted by Crippen LogP contribution is 2.29. The molecule has 2 aromatic carbocycles. The molecule has 0 radical (unpaired) electrons. The molecule has 0 spiro atoms. The van der Waals surface area contributed by atoms with Crippen molar-refractivity contribution < 1.29 is 13.3 Å². The summed E-state index contributed by atoms with van der Waals surface area (Å²) >= 11 is 0. The van der Waals surface area contributed by atoms with Gasteiger partial charge in [-0.1, -0.05) is 31.5 Å². The first-order valence-electron chi connectivity index (χ1n) is 9.84. The van der Waals surface area contributed by atoms with Crippen LogP contribution in [0.2, 0.25) is 0 Å². The molecular weight excluding hydrogens is 418 g/mol. The van der Waals surface area contributed by atoms with E-state index in [9.17, 15) is 18.5 Å². The molecule has 10 heteroatoms. The van der Waals surface area contributed by atoms with E-state index < -0.39 is 14.9 Å². The van der Waals surface area contributed by atoms with Crippen molar-refractivity contribution in [2.45, 2.75) is 38.1 Å². The number of hydrogen-bond donors (Lipinski definition) is 1. The Kier molecular flexibility index (Phi) is 5.32. The second-order valence-corrected chi connectivity index (χ2v) is 8.97. The summed E-state index contributed by atoms with van der Waals surface area (Å²) < 4.78 is 30.1. The Morgan fingerprint density at radius 1 is 1.16 bits per heavy atom. The van der Waals surface area contributed by atoms with Crippen LogP contribution >= 0.6 is 0 Å². The second-order valence-electron chi connectivity index (χ2n) is 7.29. The third-order valence-corrected chi connectivity index (χ3v) is 6.41. The number of hydrogen-bond acceptors (Lipinski definition) is 6. The van der Waals surface area contributed by atoms with Gasteiger partial charge >= 0.3 is 0 Å². The van der Waals surface area contributed by atoms with Crippen LogP contribution in [-0.2, 0) is 16.6 Å². The number of sulfonamides is 1. The number of pyridine rings is 1. The molecule has 0 fully saturated rings. The van der Waals surface area contributed by atoms with E-state index in [0.717, 1.165) is 41.4 Å². The molecule has 4 aromatic rings. The van der Waals surface area contributed by atoms with Gasteiger partial charge in [0.1, 0.15) is 0 Å². The quantitative estimate of drug-likeness (QED) is 0.337. The molecule has 0 bridgehead atoms. The molecule has 1 N–H and O–H groups in total. The molecule has 9 nitrogen and oxygen atoms in total. The number of non-ortho nitro benzene ring substituents is 1. The van der Waals surface area contributed by atoms with E-state index >= 15 is 0 Å². The number of para-hydroxylation sites is 1. The number of aromatic nitrogens is 3. The Balaban J connectivity index is 1.81. The van der Waals surface area contributed by atoms with Crippen LogP contribution in [0.15, 0.2) is 53.4 Å². The maximum atomic E-state index is 12.9. The maximum absolute atomic E-state index is 12.9. The SMILES string of the molecule is CCCCn1nc(NS(=O)(=O)c2ccc([N+](=O)[O-])cc2)c2cc3cccc(C)c3nc21. The van der Waals surface area contributed by atoms with Crippen molar-refractivity contribution in [3.63, 3.8) is 0 Å². The first kappa shape index (κ1) is 20.7. The highest BCUT2D eigenvalue weighted by Gasteiger charge is 2.21. The van der Waals surface area contributed by atoms with Crippen molar-refractivity contribution in [3.05, 3.63) is 64.2 Å². The summed E-state index contributed by atoms with van der Waals surface area (Å²) in [6, 6.07) is 12.4. The van der Waals surface area contributed by atoms with Crippen LogP contribution in [0.25, 0.3) is 21.9 Å². The van der Waals surface area contributed by atoms with Crippen LogP contribution in [0.4, 0.5) is 11.5 Å². The fourth-order valence-corrected chi connectivity index (χ4v) is 4.42. The van der Waals surface area contributed by atoms with Gasteiger partial charge < -0.3 is 0 Å². The molecule has 160 valence electrons. The maximum Gasteiger partial charge on any atom is 0.269 e. The summed E-state index contributed by atoms with van der Waals surface area (Å²) in [5.74, 6) is 0.181. The molecule has 0 saturated carbocycles. The van der Waals surface area contributed by atoms with E-state index in [4.69, 9.17) is 4.98 Å². The average molecular weight is 439 g/mol. The Bertz CT molecular complexity index is 1400. The Labute approximate surface area is 178 Å². The molecule has 2 aromatic heterocycles. The first-order valence-corrected chi connectivity index (χ1v) is 11.3. The zero-order valence-electron chi connectivity index (χ0n) is 17.1. The number of nitrogens with zero attached hydrogens (tertiary/aromatic N) is 4. The summed E-state index contributed by atoms with van der Waals surface area (Å²) in [6.45, 7) is 4.65.